The third-order valence-corrected chi connectivity index (χ3v) is 8.88. The van der Waals surface area contributed by atoms with Crippen molar-refractivity contribution in [1.29, 1.82) is 5.41 Å². The first-order valence-corrected chi connectivity index (χ1v) is 12.1. The fraction of sp³-hybridized carbons (Fsp3) is 0.762. The van der Waals surface area contributed by atoms with E-state index in [-0.39, 0.29) is 29.5 Å². The number of carboxylic acids is 1. The summed E-state index contributed by atoms with van der Waals surface area (Å²) in [7, 11) is 0. The van der Waals surface area contributed by atoms with Gasteiger partial charge in [0.05, 0.1) is 18.1 Å². The van der Waals surface area contributed by atoms with E-state index in [0.29, 0.717) is 17.3 Å². The highest BCUT2D eigenvalue weighted by Gasteiger charge is 2.60. The summed E-state index contributed by atoms with van der Waals surface area (Å²) in [5.41, 5.74) is 5.70. The van der Waals surface area contributed by atoms with Crippen molar-refractivity contribution in [3.63, 3.8) is 0 Å². The van der Waals surface area contributed by atoms with Gasteiger partial charge >= 0.3 is 5.97 Å². The number of aliphatic hydroxyl groups excluding tert-OH is 1. The molecule has 6 atom stereocenters. The fourth-order valence-corrected chi connectivity index (χ4v) is 7.27. The highest BCUT2D eigenvalue weighted by atomic mass is 32.2. The summed E-state index contributed by atoms with van der Waals surface area (Å²) < 4.78 is 0. The number of rotatable bonds is 6. The van der Waals surface area contributed by atoms with Crippen molar-refractivity contribution in [3.8, 4) is 0 Å². The number of β-lactam (4-membered cyclic amide) rings is 1. The van der Waals surface area contributed by atoms with Crippen LogP contribution in [0.4, 0.5) is 0 Å². The van der Waals surface area contributed by atoms with Gasteiger partial charge in [-0.1, -0.05) is 6.92 Å². The molecule has 0 aromatic rings. The van der Waals surface area contributed by atoms with E-state index in [1.807, 2.05) is 11.8 Å². The van der Waals surface area contributed by atoms with Gasteiger partial charge < -0.3 is 31.1 Å². The summed E-state index contributed by atoms with van der Waals surface area (Å²) in [5.74, 6) is -1.77. The molecule has 3 heterocycles. The molecule has 1 aliphatic carbocycles. The van der Waals surface area contributed by atoms with Gasteiger partial charge in [0, 0.05) is 41.2 Å². The minimum atomic E-state index is -1.06. The summed E-state index contributed by atoms with van der Waals surface area (Å²) >= 11 is 1.62. The third-order valence-electron chi connectivity index (χ3n) is 7.30. The molecule has 10 heteroatoms. The number of hydrogen-bond donors (Lipinski definition) is 5. The van der Waals surface area contributed by atoms with Gasteiger partial charge in [-0.05, 0) is 39.0 Å². The highest BCUT2D eigenvalue weighted by molar-refractivity contribution is 8.03. The normalized spacial score (nSPS) is 34.7. The van der Waals surface area contributed by atoms with Gasteiger partial charge in [0.25, 0.3) is 0 Å². The Morgan fingerprint density at radius 3 is 2.52 bits per heavy atom. The molecule has 0 aromatic carbocycles. The summed E-state index contributed by atoms with van der Waals surface area (Å²) in [5, 5.41) is 31.4. The number of amides is 1. The molecule has 0 aromatic heterocycles. The topological polar surface area (TPSA) is 143 Å². The van der Waals surface area contributed by atoms with Crippen LogP contribution in [-0.2, 0) is 9.59 Å². The van der Waals surface area contributed by atoms with Crippen molar-refractivity contribution in [1.82, 2.24) is 15.1 Å². The number of hydrogen-bond acceptors (Lipinski definition) is 6. The Labute approximate surface area is 186 Å². The van der Waals surface area contributed by atoms with Gasteiger partial charge in [-0.15, -0.1) is 11.8 Å². The fourth-order valence-electron chi connectivity index (χ4n) is 5.68. The first-order valence-electron chi connectivity index (χ1n) is 11.2. The molecule has 0 radical (unpaired) electrons. The van der Waals surface area contributed by atoms with Crippen molar-refractivity contribution < 1.29 is 19.8 Å². The molecule has 0 unspecified atom stereocenters. The lowest BCUT2D eigenvalue weighted by atomic mass is 9.79. The number of piperidine rings is 1. The maximum absolute atomic E-state index is 12.5. The summed E-state index contributed by atoms with van der Waals surface area (Å²) in [6.07, 6.45) is 4.20. The first kappa shape index (κ1) is 22.4. The van der Waals surface area contributed by atoms with Crippen molar-refractivity contribution in [2.24, 2.45) is 17.6 Å². The minimum Gasteiger partial charge on any atom is -0.477 e. The summed E-state index contributed by atoms with van der Waals surface area (Å²) in [4.78, 5) is 28.6. The molecule has 9 nitrogen and oxygen atoms in total. The van der Waals surface area contributed by atoms with Crippen LogP contribution >= 0.6 is 11.8 Å². The van der Waals surface area contributed by atoms with Crippen LogP contribution in [0, 0.1) is 17.2 Å². The number of nitrogens with two attached hydrogens (primary N) is 1. The molecule has 2 saturated heterocycles. The van der Waals surface area contributed by atoms with Gasteiger partial charge in [0.15, 0.2) is 5.96 Å². The monoisotopic (exact) mass is 451 g/mol. The quantitative estimate of drug-likeness (QED) is 0.226. The molecule has 1 saturated carbocycles. The lowest BCUT2D eigenvalue weighted by Crippen LogP contribution is -2.63. The van der Waals surface area contributed by atoms with Gasteiger partial charge in [-0.3, -0.25) is 10.2 Å². The van der Waals surface area contributed by atoms with Gasteiger partial charge in [-0.25, -0.2) is 4.79 Å². The minimum absolute atomic E-state index is 0.0729. The van der Waals surface area contributed by atoms with E-state index < -0.39 is 18.0 Å². The lowest BCUT2D eigenvalue weighted by Gasteiger charge is -2.46. The number of likely N-dealkylation sites (tertiary alicyclic amines) is 1. The van der Waals surface area contributed by atoms with Gasteiger partial charge in [-0.2, -0.15) is 0 Å². The van der Waals surface area contributed by atoms with Gasteiger partial charge in [0.2, 0.25) is 5.91 Å². The Bertz CT molecular complexity index is 795. The van der Waals surface area contributed by atoms with Crippen LogP contribution in [0.3, 0.4) is 0 Å². The predicted molar refractivity (Wildman–Crippen MR) is 118 cm³/mol. The molecule has 31 heavy (non-hydrogen) atoms. The van der Waals surface area contributed by atoms with Crippen LogP contribution in [0.5, 0.6) is 0 Å². The Morgan fingerprint density at radius 1 is 1.26 bits per heavy atom. The van der Waals surface area contributed by atoms with Crippen molar-refractivity contribution in [3.05, 3.63) is 10.6 Å². The second-order valence-corrected chi connectivity index (χ2v) is 10.7. The number of guanidine groups is 1. The Kier molecular flexibility index (Phi) is 6.24. The number of carbonyl (C=O) groups excluding carboxylic acids is 1. The number of carboxylic acid groups (broad SMARTS) is 1. The van der Waals surface area contributed by atoms with E-state index >= 15 is 0 Å². The molecule has 0 spiro atoms. The van der Waals surface area contributed by atoms with E-state index in [9.17, 15) is 19.8 Å². The Morgan fingerprint density at radius 2 is 1.94 bits per heavy atom. The lowest BCUT2D eigenvalue weighted by molar-refractivity contribution is -0.163. The molecular formula is C21H33N5O4S. The number of thioether (sulfide) groups is 1. The van der Waals surface area contributed by atoms with E-state index in [0.717, 1.165) is 50.1 Å². The van der Waals surface area contributed by atoms with Crippen molar-refractivity contribution >= 4 is 29.6 Å². The second-order valence-electron chi connectivity index (χ2n) is 9.33. The number of aliphatic carboxylic acids is 1. The standard InChI is InChI=1S/C21H33N5O4S/c1-10-16-15(11(2)27)19(28)26(16)17(20(29)30)18(10)31-14-4-3-13(9-14)24-12-5-7-25(8-6-12)21(22)23/h10-16,24,27H,3-9H2,1-2H3,(H3,22,23)(H,29,30)/t10-,11-,13-,14-,15-,16-/m1/s1. The predicted octanol–water partition coefficient (Wildman–Crippen LogP) is 0.742. The average Bonchev–Trinajstić information content (AvgIpc) is 3.23. The highest BCUT2D eigenvalue weighted by Crippen LogP contribution is 2.52. The Hall–Kier alpha value is -1.78. The number of nitrogens with zero attached hydrogens (tertiary/aromatic N) is 2. The second kappa shape index (κ2) is 8.63. The number of nitrogens with one attached hydrogen (secondary N) is 2. The van der Waals surface area contributed by atoms with Crippen LogP contribution in [0.2, 0.25) is 0 Å². The number of fused-ring (bicyclic) bond motifs is 1. The van der Waals surface area contributed by atoms with E-state index in [1.54, 1.807) is 18.7 Å². The van der Waals surface area contributed by atoms with Crippen LogP contribution in [0.1, 0.15) is 46.0 Å². The number of carbonyl (C=O) groups is 2. The smallest absolute Gasteiger partial charge is 0.353 e. The number of aliphatic hydroxyl groups is 1. The van der Waals surface area contributed by atoms with Crippen molar-refractivity contribution in [2.75, 3.05) is 13.1 Å². The average molecular weight is 452 g/mol. The third kappa shape index (κ3) is 4.05. The first-order chi connectivity index (χ1) is 14.7. The Balaban J connectivity index is 1.36. The van der Waals surface area contributed by atoms with Crippen LogP contribution in [0.15, 0.2) is 10.6 Å². The molecule has 4 rings (SSSR count). The molecule has 1 amide bonds. The molecule has 3 fully saturated rings. The van der Waals surface area contributed by atoms with Crippen LogP contribution < -0.4 is 11.1 Å². The zero-order valence-electron chi connectivity index (χ0n) is 18.1. The van der Waals surface area contributed by atoms with E-state index in [2.05, 4.69) is 5.32 Å². The SMILES string of the molecule is C[C@@H](O)[C@H]1C(=O)N2C(C(=O)O)=C(S[C@@H]3CC[C@@H](NC4CCN(C(=N)N)CC4)C3)[C@H](C)[C@H]12. The maximum atomic E-state index is 12.5. The summed E-state index contributed by atoms with van der Waals surface area (Å²) in [6.45, 7) is 5.19. The molecule has 0 bridgehead atoms. The van der Waals surface area contributed by atoms with E-state index in [1.165, 1.54) is 4.90 Å². The van der Waals surface area contributed by atoms with Crippen molar-refractivity contribution in [2.45, 2.75) is 75.4 Å². The maximum Gasteiger partial charge on any atom is 0.353 e. The molecule has 4 aliphatic rings. The molecular weight excluding hydrogens is 418 g/mol. The van der Waals surface area contributed by atoms with Crippen LogP contribution in [0.25, 0.3) is 0 Å². The summed E-state index contributed by atoms with van der Waals surface area (Å²) in [6, 6.07) is 0.582. The zero-order valence-corrected chi connectivity index (χ0v) is 18.9. The van der Waals surface area contributed by atoms with E-state index in [4.69, 9.17) is 11.1 Å². The van der Waals surface area contributed by atoms with Gasteiger partial charge in [0.1, 0.15) is 5.70 Å². The largest absolute Gasteiger partial charge is 0.477 e. The molecule has 3 aliphatic heterocycles. The zero-order chi connectivity index (χ0) is 22.4. The van der Waals surface area contributed by atoms with Crippen LogP contribution in [-0.4, -0.2) is 80.4 Å². The molecule has 172 valence electrons. The molecule has 6 N–H and O–H groups in total.